The number of hydrogen-bond acceptors (Lipinski definition) is 6. The summed E-state index contributed by atoms with van der Waals surface area (Å²) < 4.78 is 0. The minimum absolute atomic E-state index is 0.0178. The van der Waals surface area contributed by atoms with Crippen LogP contribution in [-0.4, -0.2) is 34.5 Å². The third kappa shape index (κ3) is 6.18. The lowest BCUT2D eigenvalue weighted by molar-refractivity contribution is -0.255. The quantitative estimate of drug-likeness (QED) is 0.619. The molecule has 1 aliphatic heterocycles. The number of nitrogens with one attached hydrogen (secondary N) is 1. The van der Waals surface area contributed by atoms with Crippen molar-refractivity contribution in [3.05, 3.63) is 82.3 Å². The lowest BCUT2D eigenvalue weighted by atomic mass is 10.1. The first-order valence-corrected chi connectivity index (χ1v) is 10.7. The maximum atomic E-state index is 12.6. The third-order valence-electron chi connectivity index (χ3n) is 4.62. The predicted molar refractivity (Wildman–Crippen MR) is 122 cm³/mol. The average molecular weight is 450 g/mol. The van der Waals surface area contributed by atoms with E-state index in [1.807, 2.05) is 43.3 Å². The number of carboxylic acids is 1. The fourth-order valence-corrected chi connectivity index (χ4v) is 3.98. The number of carbonyl (C=O) groups excluding carboxylic acids is 4. The van der Waals surface area contributed by atoms with E-state index in [9.17, 15) is 24.3 Å². The molecule has 0 aliphatic carbocycles. The molecule has 1 N–H and O–H groups in total. The highest BCUT2D eigenvalue weighted by Gasteiger charge is 2.34. The van der Waals surface area contributed by atoms with E-state index in [2.05, 4.69) is 5.32 Å². The Morgan fingerprint density at radius 2 is 1.75 bits per heavy atom. The van der Waals surface area contributed by atoms with Gasteiger partial charge in [-0.15, -0.1) is 0 Å². The zero-order chi connectivity index (χ0) is 23.1. The molecule has 0 saturated carbocycles. The number of imide groups is 1. The number of rotatable bonds is 8. The van der Waals surface area contributed by atoms with Crippen LogP contribution < -0.4 is 10.4 Å². The molecule has 1 saturated heterocycles. The Bertz CT molecular complexity index is 1090. The predicted octanol–water partition coefficient (Wildman–Crippen LogP) is 3.45. The molecule has 0 unspecified atom stereocenters. The van der Waals surface area contributed by atoms with Crippen LogP contribution in [0.1, 0.15) is 35.7 Å². The van der Waals surface area contributed by atoms with Crippen LogP contribution in [0.15, 0.2) is 71.2 Å². The number of benzene rings is 2. The minimum atomic E-state index is -1.29. The SMILES string of the molecule is CC(=Cc1ccccc1)C=C1SC(=O)N(CCCC(=O)Nc2ccc(C(=O)[O-])cc2)C1=O. The molecule has 2 aromatic rings. The molecule has 0 radical (unpaired) electrons. The van der Waals surface area contributed by atoms with Gasteiger partial charge in [0, 0.05) is 18.7 Å². The lowest BCUT2D eigenvalue weighted by Crippen LogP contribution is -2.29. The second-order valence-corrected chi connectivity index (χ2v) is 8.14. The summed E-state index contributed by atoms with van der Waals surface area (Å²) >= 11 is 0.890. The Morgan fingerprint density at radius 1 is 1.06 bits per heavy atom. The van der Waals surface area contributed by atoms with Crippen molar-refractivity contribution < 1.29 is 24.3 Å². The summed E-state index contributed by atoms with van der Waals surface area (Å²) in [5.41, 5.74) is 2.32. The number of nitrogens with zero attached hydrogens (tertiary/aromatic N) is 1. The van der Waals surface area contributed by atoms with Gasteiger partial charge in [-0.25, -0.2) is 0 Å². The largest absolute Gasteiger partial charge is 0.545 e. The molecule has 0 bridgehead atoms. The third-order valence-corrected chi connectivity index (χ3v) is 5.52. The van der Waals surface area contributed by atoms with Gasteiger partial charge in [-0.3, -0.25) is 19.3 Å². The molecule has 0 spiro atoms. The summed E-state index contributed by atoms with van der Waals surface area (Å²) in [6, 6.07) is 15.3. The molecule has 0 aromatic heterocycles. The molecule has 3 amide bonds. The summed E-state index contributed by atoms with van der Waals surface area (Å²) in [6.45, 7) is 2.01. The van der Waals surface area contributed by atoms with Crippen molar-refractivity contribution in [3.63, 3.8) is 0 Å². The maximum absolute atomic E-state index is 12.6. The van der Waals surface area contributed by atoms with Gasteiger partial charge in [0.25, 0.3) is 11.1 Å². The van der Waals surface area contributed by atoms with Crippen LogP contribution in [0.2, 0.25) is 0 Å². The van der Waals surface area contributed by atoms with Crippen LogP contribution in [0.25, 0.3) is 6.08 Å². The van der Waals surface area contributed by atoms with Crippen LogP contribution in [0.5, 0.6) is 0 Å². The maximum Gasteiger partial charge on any atom is 0.293 e. The Kier molecular flexibility index (Phi) is 7.62. The highest BCUT2D eigenvalue weighted by atomic mass is 32.2. The number of allylic oxidation sites excluding steroid dienone is 2. The van der Waals surface area contributed by atoms with Crippen molar-refractivity contribution >= 4 is 46.5 Å². The van der Waals surface area contributed by atoms with E-state index in [4.69, 9.17) is 0 Å². The number of amides is 3. The van der Waals surface area contributed by atoms with Crippen LogP contribution in [0.3, 0.4) is 0 Å². The smallest absolute Gasteiger partial charge is 0.293 e. The molecular weight excluding hydrogens is 428 g/mol. The van der Waals surface area contributed by atoms with Crippen LogP contribution in [0, 0.1) is 0 Å². The Morgan fingerprint density at radius 3 is 2.41 bits per heavy atom. The van der Waals surface area contributed by atoms with Gasteiger partial charge in [-0.2, -0.15) is 0 Å². The second kappa shape index (κ2) is 10.6. The number of hydrogen-bond donors (Lipinski definition) is 1. The molecule has 164 valence electrons. The minimum Gasteiger partial charge on any atom is -0.545 e. The van der Waals surface area contributed by atoms with Crippen molar-refractivity contribution in [2.75, 3.05) is 11.9 Å². The molecular formula is C24H21N2O5S-. The topological polar surface area (TPSA) is 107 Å². The number of aromatic carboxylic acids is 1. The first kappa shape index (κ1) is 23.0. The van der Waals surface area contributed by atoms with Gasteiger partial charge in [0.2, 0.25) is 5.91 Å². The van der Waals surface area contributed by atoms with Crippen LogP contribution in [-0.2, 0) is 9.59 Å². The zero-order valence-corrected chi connectivity index (χ0v) is 18.2. The zero-order valence-electron chi connectivity index (χ0n) is 17.4. The molecule has 3 rings (SSSR count). The van der Waals surface area contributed by atoms with E-state index in [1.165, 1.54) is 24.3 Å². The second-order valence-electron chi connectivity index (χ2n) is 7.15. The summed E-state index contributed by atoms with van der Waals surface area (Å²) in [7, 11) is 0. The number of thioether (sulfide) groups is 1. The van der Waals surface area contributed by atoms with E-state index in [-0.39, 0.29) is 35.6 Å². The molecule has 8 heteroatoms. The summed E-state index contributed by atoms with van der Waals surface area (Å²) in [5.74, 6) is -1.95. The molecule has 0 atom stereocenters. The molecule has 1 heterocycles. The average Bonchev–Trinajstić information content (AvgIpc) is 3.02. The van der Waals surface area contributed by atoms with E-state index in [0.717, 1.165) is 27.8 Å². The highest BCUT2D eigenvalue weighted by Crippen LogP contribution is 2.32. The van der Waals surface area contributed by atoms with Gasteiger partial charge < -0.3 is 15.2 Å². The van der Waals surface area contributed by atoms with Gasteiger partial charge in [0.15, 0.2) is 0 Å². The first-order chi connectivity index (χ1) is 15.3. The molecule has 1 fully saturated rings. The Balaban J connectivity index is 1.51. The first-order valence-electron chi connectivity index (χ1n) is 9.93. The van der Waals surface area contributed by atoms with Crippen LogP contribution in [0.4, 0.5) is 10.5 Å². The molecule has 32 heavy (non-hydrogen) atoms. The Labute approximate surface area is 189 Å². The van der Waals surface area contributed by atoms with Crippen molar-refractivity contribution in [2.45, 2.75) is 19.8 Å². The molecule has 7 nitrogen and oxygen atoms in total. The monoisotopic (exact) mass is 449 g/mol. The number of carbonyl (C=O) groups is 4. The van der Waals surface area contributed by atoms with Gasteiger partial charge in [0.1, 0.15) is 0 Å². The summed E-state index contributed by atoms with van der Waals surface area (Å²) in [4.78, 5) is 49.2. The van der Waals surface area contributed by atoms with Crippen molar-refractivity contribution in [1.82, 2.24) is 4.90 Å². The van der Waals surface area contributed by atoms with Crippen molar-refractivity contribution in [3.8, 4) is 0 Å². The van der Waals surface area contributed by atoms with Crippen molar-refractivity contribution in [1.29, 1.82) is 0 Å². The van der Waals surface area contributed by atoms with E-state index in [1.54, 1.807) is 6.08 Å². The summed E-state index contributed by atoms with van der Waals surface area (Å²) in [5, 5.41) is 13.0. The standard InChI is InChI=1S/C24H22N2O5S/c1-16(14-17-6-3-2-4-7-17)15-20-22(28)26(24(31)32-20)13-5-8-21(27)25-19-11-9-18(10-12-19)23(29)30/h2-4,6-7,9-12,14-15H,5,8,13H2,1H3,(H,25,27)(H,29,30)/p-1. The van der Waals surface area contributed by atoms with Gasteiger partial charge in [-0.1, -0.05) is 48.5 Å². The van der Waals surface area contributed by atoms with Gasteiger partial charge >= 0.3 is 0 Å². The normalized spacial score (nSPS) is 15.3. The Hall–Kier alpha value is -3.65. The number of anilines is 1. The van der Waals surface area contributed by atoms with Crippen molar-refractivity contribution in [2.24, 2.45) is 0 Å². The van der Waals surface area contributed by atoms with Gasteiger partial charge in [0.05, 0.1) is 10.9 Å². The van der Waals surface area contributed by atoms with E-state index < -0.39 is 5.97 Å². The van der Waals surface area contributed by atoms with Crippen LogP contribution >= 0.6 is 11.8 Å². The van der Waals surface area contributed by atoms with Gasteiger partial charge in [-0.05, 0) is 60.0 Å². The summed E-state index contributed by atoms with van der Waals surface area (Å²) in [6.07, 6.45) is 4.04. The molecule has 1 aliphatic rings. The fraction of sp³-hybridized carbons (Fsp3) is 0.167. The van der Waals surface area contributed by atoms with E-state index >= 15 is 0 Å². The molecule has 2 aromatic carbocycles. The van der Waals surface area contributed by atoms with E-state index in [0.29, 0.717) is 17.0 Å². The highest BCUT2D eigenvalue weighted by molar-refractivity contribution is 8.18. The lowest BCUT2D eigenvalue weighted by Gasteiger charge is -2.12. The number of carboxylic acid groups (broad SMARTS) is 1. The fourth-order valence-electron chi connectivity index (χ4n) is 3.06.